The van der Waals surface area contributed by atoms with E-state index in [1.165, 1.54) is 5.56 Å². The molecule has 6 rings (SSSR count). The molecule has 1 unspecified atom stereocenters. The highest BCUT2D eigenvalue weighted by Gasteiger charge is 2.24. The van der Waals surface area contributed by atoms with Crippen LogP contribution in [0.15, 0.2) is 73.3 Å². The number of aromatic amines is 2. The number of aromatic nitrogens is 4. The van der Waals surface area contributed by atoms with Gasteiger partial charge in [0, 0.05) is 42.5 Å². The lowest BCUT2D eigenvalue weighted by molar-refractivity contribution is 0.262. The molecule has 4 heterocycles. The monoisotopic (exact) mass is 451 g/mol. The Morgan fingerprint density at radius 3 is 2.88 bits per heavy atom. The Morgan fingerprint density at radius 2 is 1.91 bits per heavy atom. The lowest BCUT2D eigenvalue weighted by Crippen LogP contribution is -2.35. The van der Waals surface area contributed by atoms with Crippen molar-refractivity contribution >= 4 is 45.2 Å². The zero-order valence-electron chi connectivity index (χ0n) is 18.6. The fraction of sp³-hybridized carbons (Fsp3) is 0.192. The molecule has 3 aromatic heterocycles. The summed E-state index contributed by atoms with van der Waals surface area (Å²) >= 11 is 0. The lowest BCUT2D eigenvalue weighted by atomic mass is 9.90. The third-order valence-corrected chi connectivity index (χ3v) is 6.51. The minimum absolute atomic E-state index is 0.264. The van der Waals surface area contributed by atoms with Crippen LogP contribution in [0.2, 0.25) is 0 Å². The van der Waals surface area contributed by atoms with Crippen LogP contribution >= 0.6 is 0 Å². The van der Waals surface area contributed by atoms with Gasteiger partial charge in [0.25, 0.3) is 0 Å². The summed E-state index contributed by atoms with van der Waals surface area (Å²) < 4.78 is 0. The smallest absolute Gasteiger partial charge is 0.323 e. The Kier molecular flexibility index (Phi) is 5.10. The highest BCUT2D eigenvalue weighted by molar-refractivity contribution is 6.05. The van der Waals surface area contributed by atoms with Crippen LogP contribution in [-0.4, -0.2) is 39.1 Å². The second-order valence-electron chi connectivity index (χ2n) is 8.67. The average molecular weight is 452 g/mol. The normalized spacial score (nSPS) is 16.1. The van der Waals surface area contributed by atoms with Gasteiger partial charge in [0.15, 0.2) is 0 Å². The molecule has 1 atom stereocenters. The molecular weight excluding hydrogens is 426 g/mol. The van der Waals surface area contributed by atoms with Crippen LogP contribution in [0, 0.1) is 0 Å². The highest BCUT2D eigenvalue weighted by Crippen LogP contribution is 2.32. The van der Waals surface area contributed by atoms with Crippen molar-refractivity contribution in [2.24, 2.45) is 0 Å². The minimum atomic E-state index is -0.264. The summed E-state index contributed by atoms with van der Waals surface area (Å²) in [5.74, 6) is 1.33. The molecule has 1 fully saturated rings. The number of rotatable bonds is 4. The Labute approximate surface area is 196 Å². The van der Waals surface area contributed by atoms with Crippen LogP contribution in [0.5, 0.6) is 0 Å². The number of H-pyrrole nitrogens is 2. The number of hydrogen-bond donors (Lipinski definition) is 4. The molecule has 5 aromatic rings. The number of carbonyl (C=O) groups excluding carboxylic acids is 1. The van der Waals surface area contributed by atoms with E-state index in [1.54, 1.807) is 6.33 Å². The molecule has 1 aliphatic rings. The fourth-order valence-electron chi connectivity index (χ4n) is 4.90. The number of para-hydroxylation sites is 1. The molecule has 8 heteroatoms. The molecule has 0 spiro atoms. The van der Waals surface area contributed by atoms with Gasteiger partial charge >= 0.3 is 6.03 Å². The van der Waals surface area contributed by atoms with Gasteiger partial charge in [-0.2, -0.15) is 0 Å². The molecule has 0 radical (unpaired) electrons. The lowest BCUT2D eigenvalue weighted by Gasteiger charge is -2.34. The summed E-state index contributed by atoms with van der Waals surface area (Å²) in [4.78, 5) is 30.3. The van der Waals surface area contributed by atoms with Gasteiger partial charge in [-0.05, 0) is 48.7 Å². The van der Waals surface area contributed by atoms with E-state index >= 15 is 0 Å². The maximum atomic E-state index is 12.7. The second kappa shape index (κ2) is 8.55. The number of anilines is 3. The fourth-order valence-corrected chi connectivity index (χ4v) is 4.90. The van der Waals surface area contributed by atoms with Crippen LogP contribution in [0.4, 0.5) is 22.0 Å². The zero-order chi connectivity index (χ0) is 22.9. The molecule has 170 valence electrons. The van der Waals surface area contributed by atoms with Gasteiger partial charge in [-0.15, -0.1) is 0 Å². The molecule has 2 amide bonds. The Morgan fingerprint density at radius 1 is 1.00 bits per heavy atom. The number of carbonyl (C=O) groups is 1. The number of hydrogen-bond acceptors (Lipinski definition) is 4. The maximum absolute atomic E-state index is 12.7. The van der Waals surface area contributed by atoms with Gasteiger partial charge in [0.2, 0.25) is 0 Å². The van der Waals surface area contributed by atoms with E-state index in [-0.39, 0.29) is 6.03 Å². The first kappa shape index (κ1) is 20.3. The first-order valence-electron chi connectivity index (χ1n) is 11.5. The van der Waals surface area contributed by atoms with E-state index in [0.29, 0.717) is 5.92 Å². The molecule has 0 aliphatic carbocycles. The van der Waals surface area contributed by atoms with Crippen molar-refractivity contribution in [1.82, 2.24) is 19.9 Å². The quantitative estimate of drug-likeness (QED) is 0.291. The Balaban J connectivity index is 1.17. The molecule has 8 nitrogen and oxygen atoms in total. The largest absolute Gasteiger partial charge is 0.359 e. The predicted molar refractivity (Wildman–Crippen MR) is 135 cm³/mol. The van der Waals surface area contributed by atoms with E-state index in [2.05, 4.69) is 47.6 Å². The first-order chi connectivity index (χ1) is 16.7. The molecule has 1 saturated heterocycles. The SMILES string of the molecule is O=C(Nc1cccc(C2CCCN(c3ncnc4[nH]ccc34)C2)c1)Nc1cccc2cc[nH]c12. The second-order valence-corrected chi connectivity index (χ2v) is 8.67. The topological polar surface area (TPSA) is 102 Å². The van der Waals surface area contributed by atoms with Crippen LogP contribution < -0.4 is 15.5 Å². The van der Waals surface area contributed by atoms with Crippen molar-refractivity contribution in [3.05, 3.63) is 78.9 Å². The molecule has 4 N–H and O–H groups in total. The number of nitrogens with zero attached hydrogens (tertiary/aromatic N) is 3. The predicted octanol–water partition coefficient (Wildman–Crippen LogP) is 5.47. The van der Waals surface area contributed by atoms with Gasteiger partial charge in [-0.1, -0.05) is 24.3 Å². The number of piperidine rings is 1. The summed E-state index contributed by atoms with van der Waals surface area (Å²) in [5, 5.41) is 8.05. The van der Waals surface area contributed by atoms with Crippen molar-refractivity contribution < 1.29 is 4.79 Å². The average Bonchev–Trinajstić information content (AvgIpc) is 3.54. The van der Waals surface area contributed by atoms with E-state index in [9.17, 15) is 4.79 Å². The summed E-state index contributed by atoms with van der Waals surface area (Å²) in [6.45, 7) is 1.85. The summed E-state index contributed by atoms with van der Waals surface area (Å²) in [7, 11) is 0. The third kappa shape index (κ3) is 3.83. The maximum Gasteiger partial charge on any atom is 0.323 e. The summed E-state index contributed by atoms with van der Waals surface area (Å²) in [6.07, 6.45) is 7.57. The standard InChI is InChI=1S/C26H25N7O/c34-26(32-22-8-2-4-17-9-11-27-23(17)22)31-20-7-1-5-18(14-20)19-6-3-13-33(15-19)25-21-10-12-28-24(21)29-16-30-25/h1-2,4-5,7-12,14,16,19,27H,3,6,13,15H2,(H,28,29,30)(H2,31,32,34). The van der Waals surface area contributed by atoms with Crippen molar-refractivity contribution in [3.8, 4) is 0 Å². The number of urea groups is 1. The number of benzene rings is 2. The number of fused-ring (bicyclic) bond motifs is 2. The van der Waals surface area contributed by atoms with Gasteiger partial charge in [0.05, 0.1) is 16.6 Å². The number of nitrogens with one attached hydrogen (secondary N) is 4. The molecular formula is C26H25N7O. The summed E-state index contributed by atoms with van der Waals surface area (Å²) in [6, 6.07) is 17.7. The van der Waals surface area contributed by atoms with E-state index in [4.69, 9.17) is 0 Å². The van der Waals surface area contributed by atoms with Gasteiger partial charge in [0.1, 0.15) is 17.8 Å². The van der Waals surface area contributed by atoms with Crippen molar-refractivity contribution in [2.75, 3.05) is 28.6 Å². The molecule has 2 aromatic carbocycles. The van der Waals surface area contributed by atoms with Gasteiger partial charge < -0.3 is 25.5 Å². The van der Waals surface area contributed by atoms with Gasteiger partial charge in [-0.25, -0.2) is 14.8 Å². The van der Waals surface area contributed by atoms with Crippen LogP contribution in [-0.2, 0) is 0 Å². The first-order valence-corrected chi connectivity index (χ1v) is 11.5. The zero-order valence-corrected chi connectivity index (χ0v) is 18.6. The highest BCUT2D eigenvalue weighted by atomic mass is 16.2. The molecule has 0 bridgehead atoms. The van der Waals surface area contributed by atoms with Crippen molar-refractivity contribution in [1.29, 1.82) is 0 Å². The Hall–Kier alpha value is -4.33. The molecule has 0 saturated carbocycles. The third-order valence-electron chi connectivity index (χ3n) is 6.51. The van der Waals surface area contributed by atoms with E-state index in [0.717, 1.165) is 65.1 Å². The van der Waals surface area contributed by atoms with E-state index in [1.807, 2.05) is 54.9 Å². The van der Waals surface area contributed by atoms with E-state index < -0.39 is 0 Å². The van der Waals surface area contributed by atoms with Crippen LogP contribution in [0.3, 0.4) is 0 Å². The molecule has 1 aliphatic heterocycles. The molecule has 34 heavy (non-hydrogen) atoms. The summed E-state index contributed by atoms with van der Waals surface area (Å²) in [5.41, 5.74) is 4.52. The van der Waals surface area contributed by atoms with Crippen molar-refractivity contribution in [3.63, 3.8) is 0 Å². The Bertz CT molecular complexity index is 1470. The van der Waals surface area contributed by atoms with Crippen LogP contribution in [0.25, 0.3) is 21.9 Å². The van der Waals surface area contributed by atoms with Crippen LogP contribution in [0.1, 0.15) is 24.3 Å². The number of amides is 2. The van der Waals surface area contributed by atoms with Gasteiger partial charge in [-0.3, -0.25) is 0 Å². The minimum Gasteiger partial charge on any atom is -0.359 e. The van der Waals surface area contributed by atoms with Crippen molar-refractivity contribution in [2.45, 2.75) is 18.8 Å².